The Balaban J connectivity index is 1.49. The molecule has 1 heterocycles. The van der Waals surface area contributed by atoms with E-state index >= 15 is 0 Å². The number of rotatable bonds is 5. The maximum absolute atomic E-state index is 12.4. The number of amides is 3. The van der Waals surface area contributed by atoms with Crippen LogP contribution in [0.4, 0.5) is 16.2 Å². The molecule has 0 saturated carbocycles. The lowest BCUT2D eigenvalue weighted by Gasteiger charge is -2.36. The minimum atomic E-state index is -0.734. The Bertz CT molecular complexity index is 913. The number of piperazine rings is 1. The second-order valence-corrected chi connectivity index (χ2v) is 6.93. The second kappa shape index (κ2) is 9.29. The molecule has 3 rings (SSSR count). The largest absolute Gasteiger partial charge is 0.452 e. The number of carbonyl (C=O) groups excluding carboxylic acids is 3. The molecule has 1 fully saturated rings. The summed E-state index contributed by atoms with van der Waals surface area (Å²) in [5.74, 6) is -0.903. The van der Waals surface area contributed by atoms with Gasteiger partial charge in [-0.2, -0.15) is 0 Å². The van der Waals surface area contributed by atoms with Crippen LogP contribution in [0.1, 0.15) is 10.4 Å². The van der Waals surface area contributed by atoms with Gasteiger partial charge in [0.25, 0.3) is 5.91 Å². The number of primary amides is 1. The number of nitrogens with one attached hydrogen (secondary N) is 1. The highest BCUT2D eigenvalue weighted by atomic mass is 35.5. The number of halogens is 1. The van der Waals surface area contributed by atoms with E-state index in [4.69, 9.17) is 22.1 Å². The summed E-state index contributed by atoms with van der Waals surface area (Å²) in [4.78, 5) is 39.3. The van der Waals surface area contributed by atoms with E-state index in [1.165, 1.54) is 12.1 Å². The highest BCUT2D eigenvalue weighted by Crippen LogP contribution is 2.21. The normalized spacial score (nSPS) is 13.7. The molecule has 1 saturated heterocycles. The summed E-state index contributed by atoms with van der Waals surface area (Å²) in [5, 5.41) is 3.05. The zero-order valence-corrected chi connectivity index (χ0v) is 16.4. The molecule has 0 radical (unpaired) electrons. The van der Waals surface area contributed by atoms with Crippen molar-refractivity contribution in [2.45, 2.75) is 0 Å². The lowest BCUT2D eigenvalue weighted by Crippen LogP contribution is -2.49. The molecule has 29 heavy (non-hydrogen) atoms. The van der Waals surface area contributed by atoms with Crippen LogP contribution in [0.5, 0.6) is 0 Å². The van der Waals surface area contributed by atoms with Gasteiger partial charge >= 0.3 is 12.0 Å². The molecule has 2 aromatic carbocycles. The minimum absolute atomic E-state index is 0.217. The smallest absolute Gasteiger partial charge is 0.338 e. The van der Waals surface area contributed by atoms with Gasteiger partial charge in [0, 0.05) is 42.6 Å². The van der Waals surface area contributed by atoms with Crippen molar-refractivity contribution in [3.8, 4) is 0 Å². The van der Waals surface area contributed by atoms with Crippen molar-refractivity contribution in [3.05, 3.63) is 59.1 Å². The maximum Gasteiger partial charge on any atom is 0.338 e. The average molecular weight is 417 g/mol. The number of nitrogens with two attached hydrogens (primary N) is 1. The first-order valence-electron chi connectivity index (χ1n) is 9.04. The van der Waals surface area contributed by atoms with Gasteiger partial charge in [0.15, 0.2) is 6.61 Å². The van der Waals surface area contributed by atoms with Crippen molar-refractivity contribution < 1.29 is 19.1 Å². The highest BCUT2D eigenvalue weighted by Gasteiger charge is 2.22. The number of hydrogen-bond donors (Lipinski definition) is 2. The van der Waals surface area contributed by atoms with E-state index < -0.39 is 12.0 Å². The summed E-state index contributed by atoms with van der Waals surface area (Å²) in [7, 11) is 0. The van der Waals surface area contributed by atoms with Crippen molar-refractivity contribution >= 4 is 40.9 Å². The quantitative estimate of drug-likeness (QED) is 0.728. The number of benzene rings is 2. The van der Waals surface area contributed by atoms with Gasteiger partial charge in [-0.3, -0.25) is 4.79 Å². The number of nitrogens with zero attached hydrogens (tertiary/aromatic N) is 2. The molecule has 2 aromatic rings. The third kappa shape index (κ3) is 5.61. The molecular formula is C20H21ClN4O4. The van der Waals surface area contributed by atoms with Gasteiger partial charge in [-0.15, -0.1) is 0 Å². The van der Waals surface area contributed by atoms with E-state index in [1.807, 2.05) is 24.3 Å². The minimum Gasteiger partial charge on any atom is -0.452 e. The van der Waals surface area contributed by atoms with Gasteiger partial charge in [-0.1, -0.05) is 23.7 Å². The summed E-state index contributed by atoms with van der Waals surface area (Å²) < 4.78 is 5.13. The summed E-state index contributed by atoms with van der Waals surface area (Å²) in [5.41, 5.74) is 6.66. The number of anilines is 2. The molecule has 0 unspecified atom stereocenters. The number of esters is 1. The summed E-state index contributed by atoms with van der Waals surface area (Å²) >= 11 is 6.03. The van der Waals surface area contributed by atoms with Crippen molar-refractivity contribution in [2.75, 3.05) is 43.0 Å². The molecular weight excluding hydrogens is 396 g/mol. The molecule has 3 amide bonds. The molecule has 1 aliphatic heterocycles. The Morgan fingerprint density at radius 3 is 2.45 bits per heavy atom. The topological polar surface area (TPSA) is 105 Å². The first kappa shape index (κ1) is 20.5. The molecule has 9 heteroatoms. The van der Waals surface area contributed by atoms with Gasteiger partial charge in [0.05, 0.1) is 5.56 Å². The molecule has 0 atom stereocenters. The van der Waals surface area contributed by atoms with Gasteiger partial charge in [0.2, 0.25) is 0 Å². The Hall–Kier alpha value is -3.26. The van der Waals surface area contributed by atoms with Crippen LogP contribution in [-0.4, -0.2) is 55.6 Å². The molecule has 0 spiro atoms. The number of hydrogen-bond acceptors (Lipinski definition) is 5. The lowest BCUT2D eigenvalue weighted by molar-refractivity contribution is -0.134. The first-order valence-corrected chi connectivity index (χ1v) is 9.42. The zero-order valence-electron chi connectivity index (χ0n) is 15.6. The van der Waals surface area contributed by atoms with Gasteiger partial charge in [0.1, 0.15) is 0 Å². The molecule has 0 bridgehead atoms. The van der Waals surface area contributed by atoms with Crippen molar-refractivity contribution in [3.63, 3.8) is 0 Å². The van der Waals surface area contributed by atoms with E-state index in [2.05, 4.69) is 10.2 Å². The van der Waals surface area contributed by atoms with Gasteiger partial charge < -0.3 is 25.6 Å². The monoisotopic (exact) mass is 416 g/mol. The summed E-state index contributed by atoms with van der Waals surface area (Å²) in [6.07, 6.45) is 0. The van der Waals surface area contributed by atoms with Crippen LogP contribution in [0.2, 0.25) is 5.02 Å². The van der Waals surface area contributed by atoms with E-state index in [-0.39, 0.29) is 18.1 Å². The fraction of sp³-hybridized carbons (Fsp3) is 0.250. The molecule has 0 aromatic heterocycles. The van der Waals surface area contributed by atoms with Crippen LogP contribution in [0.3, 0.4) is 0 Å². The van der Waals surface area contributed by atoms with Crippen LogP contribution in [0, 0.1) is 0 Å². The molecule has 1 aliphatic rings. The van der Waals surface area contributed by atoms with Gasteiger partial charge in [-0.25, -0.2) is 9.59 Å². The van der Waals surface area contributed by atoms with E-state index in [0.29, 0.717) is 36.9 Å². The molecule has 0 aliphatic carbocycles. The zero-order chi connectivity index (χ0) is 20.8. The highest BCUT2D eigenvalue weighted by molar-refractivity contribution is 6.30. The van der Waals surface area contributed by atoms with E-state index in [1.54, 1.807) is 17.0 Å². The van der Waals surface area contributed by atoms with E-state index in [9.17, 15) is 14.4 Å². The third-order valence-electron chi connectivity index (χ3n) is 4.50. The second-order valence-electron chi connectivity index (χ2n) is 6.49. The maximum atomic E-state index is 12.4. The SMILES string of the molecule is NC(=O)Nc1cccc(C(=O)OCC(=O)N2CCN(c3cccc(Cl)c3)CC2)c1. The van der Waals surface area contributed by atoms with E-state index in [0.717, 1.165) is 5.69 Å². The van der Waals surface area contributed by atoms with Crippen LogP contribution in [-0.2, 0) is 9.53 Å². The third-order valence-corrected chi connectivity index (χ3v) is 4.73. The number of carbonyl (C=O) groups is 3. The Morgan fingerprint density at radius 1 is 1.03 bits per heavy atom. The fourth-order valence-electron chi connectivity index (χ4n) is 3.05. The van der Waals surface area contributed by atoms with Crippen LogP contribution >= 0.6 is 11.6 Å². The lowest BCUT2D eigenvalue weighted by atomic mass is 10.2. The molecule has 152 valence electrons. The first-order chi connectivity index (χ1) is 13.9. The predicted molar refractivity (Wildman–Crippen MR) is 110 cm³/mol. The Morgan fingerprint density at radius 2 is 1.76 bits per heavy atom. The van der Waals surface area contributed by atoms with Crippen molar-refractivity contribution in [1.82, 2.24) is 4.90 Å². The fourth-order valence-corrected chi connectivity index (χ4v) is 3.24. The van der Waals surface area contributed by atoms with Crippen LogP contribution < -0.4 is 16.0 Å². The number of ether oxygens (including phenoxy) is 1. The molecule has 8 nitrogen and oxygen atoms in total. The van der Waals surface area contributed by atoms with Crippen molar-refractivity contribution in [1.29, 1.82) is 0 Å². The van der Waals surface area contributed by atoms with Crippen LogP contribution in [0.15, 0.2) is 48.5 Å². The predicted octanol–water partition coefficient (Wildman–Crippen LogP) is 2.34. The van der Waals surface area contributed by atoms with Crippen LogP contribution in [0.25, 0.3) is 0 Å². The average Bonchev–Trinajstić information content (AvgIpc) is 2.71. The molecule has 3 N–H and O–H groups in total. The number of urea groups is 1. The van der Waals surface area contributed by atoms with Gasteiger partial charge in [-0.05, 0) is 36.4 Å². The standard InChI is InChI=1S/C20H21ClN4O4/c21-15-4-2-6-17(12-15)24-7-9-25(10-8-24)18(26)13-29-19(27)14-3-1-5-16(11-14)23-20(22)28/h1-6,11-12H,7-10,13H2,(H3,22,23,28). The van der Waals surface area contributed by atoms with Crippen molar-refractivity contribution in [2.24, 2.45) is 5.73 Å². The summed E-state index contributed by atoms with van der Waals surface area (Å²) in [6.45, 7) is 2.05. The Kier molecular flexibility index (Phi) is 6.56. The Labute approximate surface area is 173 Å². The summed E-state index contributed by atoms with van der Waals surface area (Å²) in [6, 6.07) is 13.0.